The van der Waals surface area contributed by atoms with Crippen molar-refractivity contribution in [1.29, 1.82) is 0 Å². The second kappa shape index (κ2) is 6.19. The average Bonchev–Trinajstić information content (AvgIpc) is 3.11. The van der Waals surface area contributed by atoms with Gasteiger partial charge in [-0.2, -0.15) is 0 Å². The first-order valence-electron chi connectivity index (χ1n) is 8.07. The Kier molecular flexibility index (Phi) is 4.22. The summed E-state index contributed by atoms with van der Waals surface area (Å²) in [4.78, 5) is 49.2. The van der Waals surface area contributed by atoms with Gasteiger partial charge in [0.1, 0.15) is 0 Å². The summed E-state index contributed by atoms with van der Waals surface area (Å²) in [7, 11) is 0. The van der Waals surface area contributed by atoms with Gasteiger partial charge in [0.2, 0.25) is 11.8 Å². The Bertz CT molecular complexity index is 741. The van der Waals surface area contributed by atoms with Crippen molar-refractivity contribution in [3.8, 4) is 0 Å². The molecule has 2 aliphatic rings. The van der Waals surface area contributed by atoms with Crippen LogP contribution in [0.3, 0.4) is 0 Å². The summed E-state index contributed by atoms with van der Waals surface area (Å²) >= 11 is 0. The number of carbonyl (C=O) groups is 4. The van der Waals surface area contributed by atoms with Crippen molar-refractivity contribution in [2.75, 3.05) is 0 Å². The van der Waals surface area contributed by atoms with E-state index >= 15 is 0 Å². The zero-order valence-electron chi connectivity index (χ0n) is 13.8. The first kappa shape index (κ1) is 16.4. The van der Waals surface area contributed by atoms with Crippen molar-refractivity contribution in [2.45, 2.75) is 45.8 Å². The van der Waals surface area contributed by atoms with Gasteiger partial charge in [0.05, 0.1) is 6.04 Å². The molecule has 1 fully saturated rings. The molecule has 6 heteroatoms. The van der Waals surface area contributed by atoms with Crippen LogP contribution in [0.15, 0.2) is 18.2 Å². The normalized spacial score (nSPS) is 22.2. The van der Waals surface area contributed by atoms with Gasteiger partial charge in [0, 0.05) is 31.0 Å². The number of nitrogens with zero attached hydrogens (tertiary/aromatic N) is 1. The van der Waals surface area contributed by atoms with Gasteiger partial charge in [-0.05, 0) is 31.4 Å². The molecule has 0 spiro atoms. The van der Waals surface area contributed by atoms with Gasteiger partial charge in [0.25, 0.3) is 0 Å². The number of rotatable bonds is 4. The summed E-state index contributed by atoms with van der Waals surface area (Å²) in [5, 5.41) is 2.64. The zero-order valence-corrected chi connectivity index (χ0v) is 13.8. The van der Waals surface area contributed by atoms with Gasteiger partial charge in [0.15, 0.2) is 11.6 Å². The average molecular weight is 328 g/mol. The largest absolute Gasteiger partial charge is 0.346 e. The van der Waals surface area contributed by atoms with E-state index in [1.54, 1.807) is 11.0 Å². The zero-order chi connectivity index (χ0) is 17.4. The van der Waals surface area contributed by atoms with Crippen LogP contribution >= 0.6 is 0 Å². The summed E-state index contributed by atoms with van der Waals surface area (Å²) in [6, 6.07) is 5.04. The van der Waals surface area contributed by atoms with Crippen LogP contribution in [0.5, 0.6) is 0 Å². The molecule has 6 nitrogen and oxygen atoms in total. The third-order valence-corrected chi connectivity index (χ3v) is 4.83. The summed E-state index contributed by atoms with van der Waals surface area (Å²) in [6.45, 7) is 3.81. The van der Waals surface area contributed by atoms with Crippen molar-refractivity contribution >= 4 is 23.4 Å². The number of hydrogen-bond donors (Lipinski definition) is 1. The van der Waals surface area contributed by atoms with Crippen molar-refractivity contribution in [3.05, 3.63) is 34.9 Å². The van der Waals surface area contributed by atoms with Crippen LogP contribution in [-0.2, 0) is 27.5 Å². The number of nitrogens with one attached hydrogen (secondary N) is 1. The monoisotopic (exact) mass is 328 g/mol. The second-order valence-corrected chi connectivity index (χ2v) is 6.56. The Labute approximate surface area is 140 Å². The fourth-order valence-electron chi connectivity index (χ4n) is 3.45. The van der Waals surface area contributed by atoms with Gasteiger partial charge < -0.3 is 10.2 Å². The molecule has 0 aromatic heterocycles. The SMILES string of the molecule is CC(=O)c1cccc2c1CN(C(=O)C[C@@H]1C[C@@H](C(C)=O)NC1=O)C2. The van der Waals surface area contributed by atoms with Crippen LogP contribution in [0.25, 0.3) is 0 Å². The first-order valence-corrected chi connectivity index (χ1v) is 8.07. The standard InChI is InChI=1S/C18H20N2O4/c1-10(21)14-5-3-4-12-8-20(9-15(12)14)17(23)7-13-6-16(11(2)22)19-18(13)24/h3-5,13,16H,6-9H2,1-2H3,(H,19,24)/t13-,16-/m0/s1. The summed E-state index contributed by atoms with van der Waals surface area (Å²) < 4.78 is 0. The molecule has 24 heavy (non-hydrogen) atoms. The molecule has 1 saturated heterocycles. The molecule has 0 unspecified atom stereocenters. The molecule has 2 atom stereocenters. The highest BCUT2D eigenvalue weighted by atomic mass is 16.2. The number of carbonyl (C=O) groups excluding carboxylic acids is 4. The molecule has 0 radical (unpaired) electrons. The molecule has 0 bridgehead atoms. The fraction of sp³-hybridized carbons (Fsp3) is 0.444. The molecule has 2 amide bonds. The van der Waals surface area contributed by atoms with E-state index < -0.39 is 12.0 Å². The van der Waals surface area contributed by atoms with Crippen LogP contribution in [-0.4, -0.2) is 34.3 Å². The lowest BCUT2D eigenvalue weighted by Crippen LogP contribution is -2.32. The van der Waals surface area contributed by atoms with Gasteiger partial charge in [-0.1, -0.05) is 18.2 Å². The lowest BCUT2D eigenvalue weighted by Gasteiger charge is -2.17. The molecular weight excluding hydrogens is 308 g/mol. The third-order valence-electron chi connectivity index (χ3n) is 4.83. The smallest absolute Gasteiger partial charge is 0.224 e. The molecule has 1 N–H and O–H groups in total. The maximum Gasteiger partial charge on any atom is 0.224 e. The number of Topliss-reactive ketones (excluding diaryl/α,β-unsaturated/α-hetero) is 2. The Morgan fingerprint density at radius 3 is 2.58 bits per heavy atom. The van der Waals surface area contributed by atoms with E-state index in [4.69, 9.17) is 0 Å². The highest BCUT2D eigenvalue weighted by Crippen LogP contribution is 2.28. The molecule has 2 heterocycles. The number of amides is 2. The highest BCUT2D eigenvalue weighted by Gasteiger charge is 2.37. The van der Waals surface area contributed by atoms with Crippen molar-refractivity contribution in [3.63, 3.8) is 0 Å². The van der Waals surface area contributed by atoms with Crippen LogP contribution in [0, 0.1) is 5.92 Å². The fourth-order valence-corrected chi connectivity index (χ4v) is 3.45. The number of benzene rings is 1. The quantitative estimate of drug-likeness (QED) is 0.842. The molecule has 126 valence electrons. The molecule has 0 saturated carbocycles. The predicted octanol–water partition coefficient (Wildman–Crippen LogP) is 1.22. The summed E-state index contributed by atoms with van der Waals surface area (Å²) in [5.74, 6) is -0.907. The molecular formula is C18H20N2O4. The van der Waals surface area contributed by atoms with E-state index in [1.807, 2.05) is 12.1 Å². The van der Waals surface area contributed by atoms with Crippen LogP contribution in [0.4, 0.5) is 0 Å². The van der Waals surface area contributed by atoms with Crippen LogP contribution in [0.1, 0.15) is 48.2 Å². The van der Waals surface area contributed by atoms with E-state index in [0.717, 1.165) is 11.1 Å². The van der Waals surface area contributed by atoms with E-state index in [0.29, 0.717) is 25.1 Å². The molecule has 2 aliphatic heterocycles. The van der Waals surface area contributed by atoms with Gasteiger partial charge >= 0.3 is 0 Å². The Balaban J connectivity index is 1.68. The minimum absolute atomic E-state index is 0.0133. The minimum atomic E-state index is -0.476. The third kappa shape index (κ3) is 2.96. The van der Waals surface area contributed by atoms with Gasteiger partial charge in [-0.15, -0.1) is 0 Å². The number of ketones is 2. The lowest BCUT2D eigenvalue weighted by atomic mass is 9.99. The van der Waals surface area contributed by atoms with Crippen LogP contribution in [0.2, 0.25) is 0 Å². The lowest BCUT2D eigenvalue weighted by molar-refractivity contribution is -0.135. The summed E-state index contributed by atoms with van der Waals surface area (Å²) in [5.41, 5.74) is 2.53. The Morgan fingerprint density at radius 2 is 1.96 bits per heavy atom. The van der Waals surface area contributed by atoms with E-state index in [-0.39, 0.29) is 29.8 Å². The molecule has 0 aliphatic carbocycles. The molecule has 3 rings (SSSR count). The van der Waals surface area contributed by atoms with E-state index in [9.17, 15) is 19.2 Å². The predicted molar refractivity (Wildman–Crippen MR) is 86.0 cm³/mol. The van der Waals surface area contributed by atoms with Crippen molar-refractivity contribution in [2.24, 2.45) is 5.92 Å². The topological polar surface area (TPSA) is 83.6 Å². The van der Waals surface area contributed by atoms with Gasteiger partial charge in [-0.25, -0.2) is 0 Å². The van der Waals surface area contributed by atoms with Crippen molar-refractivity contribution < 1.29 is 19.2 Å². The second-order valence-electron chi connectivity index (χ2n) is 6.56. The number of hydrogen-bond acceptors (Lipinski definition) is 4. The van der Waals surface area contributed by atoms with Gasteiger partial charge in [-0.3, -0.25) is 19.2 Å². The maximum atomic E-state index is 12.5. The van der Waals surface area contributed by atoms with Crippen molar-refractivity contribution in [1.82, 2.24) is 10.2 Å². The minimum Gasteiger partial charge on any atom is -0.346 e. The molecule has 1 aromatic carbocycles. The Hall–Kier alpha value is -2.50. The Morgan fingerprint density at radius 1 is 1.21 bits per heavy atom. The first-order chi connectivity index (χ1) is 11.4. The molecule has 1 aromatic rings. The van der Waals surface area contributed by atoms with E-state index in [2.05, 4.69) is 5.32 Å². The maximum absolute atomic E-state index is 12.5. The summed E-state index contributed by atoms with van der Waals surface area (Å²) in [6.07, 6.45) is 0.471. The highest BCUT2D eigenvalue weighted by molar-refractivity contribution is 5.97. The van der Waals surface area contributed by atoms with Crippen LogP contribution < -0.4 is 5.32 Å². The number of fused-ring (bicyclic) bond motifs is 1. The van der Waals surface area contributed by atoms with E-state index in [1.165, 1.54) is 13.8 Å².